The maximum atomic E-state index is 12.9. The lowest BCUT2D eigenvalue weighted by Gasteiger charge is -2.39. The highest BCUT2D eigenvalue weighted by Gasteiger charge is 2.43. The van der Waals surface area contributed by atoms with E-state index in [0.717, 1.165) is 57.6 Å². The molecule has 1 saturated carbocycles. The molecule has 2 unspecified atom stereocenters. The number of hydrogen-bond acceptors (Lipinski definition) is 3. The van der Waals surface area contributed by atoms with E-state index in [9.17, 15) is 4.79 Å². The van der Waals surface area contributed by atoms with E-state index in [1.807, 2.05) is 14.1 Å². The summed E-state index contributed by atoms with van der Waals surface area (Å²) < 4.78 is 0. The zero-order valence-corrected chi connectivity index (χ0v) is 22.9. The van der Waals surface area contributed by atoms with Crippen molar-refractivity contribution in [3.05, 3.63) is 35.9 Å². The van der Waals surface area contributed by atoms with E-state index < -0.39 is 0 Å². The Labute approximate surface area is 217 Å². The number of carbonyl (C=O) groups excluding carboxylic acids is 1. The van der Waals surface area contributed by atoms with E-state index in [1.165, 1.54) is 18.4 Å². The quantitative estimate of drug-likeness (QED) is 0.297. The van der Waals surface area contributed by atoms with Gasteiger partial charge in [0.15, 0.2) is 5.96 Å². The van der Waals surface area contributed by atoms with Crippen LogP contribution in [0.2, 0.25) is 0 Å². The molecule has 2 atom stereocenters. The number of aliphatic imine (C=N–C) groups is 1. The summed E-state index contributed by atoms with van der Waals surface area (Å²) in [5, 5.41) is 7.18. The van der Waals surface area contributed by atoms with Crippen LogP contribution in [-0.2, 0) is 11.3 Å². The lowest BCUT2D eigenvalue weighted by molar-refractivity contribution is -0.138. The second-order valence-corrected chi connectivity index (χ2v) is 10.2. The fraction of sp³-hybridized carbons (Fsp3) is 0.692. The van der Waals surface area contributed by atoms with Gasteiger partial charge in [-0.2, -0.15) is 0 Å². The number of rotatable bonds is 7. The van der Waals surface area contributed by atoms with Crippen LogP contribution in [-0.4, -0.2) is 67.0 Å². The molecule has 2 bridgehead atoms. The van der Waals surface area contributed by atoms with Gasteiger partial charge in [-0.3, -0.25) is 14.7 Å². The Kier molecular flexibility index (Phi) is 9.44. The van der Waals surface area contributed by atoms with E-state index in [4.69, 9.17) is 4.99 Å². The molecular formula is C26H42IN5O. The van der Waals surface area contributed by atoms with Crippen LogP contribution in [0.1, 0.15) is 63.9 Å². The van der Waals surface area contributed by atoms with Gasteiger partial charge in [0.2, 0.25) is 5.91 Å². The van der Waals surface area contributed by atoms with Gasteiger partial charge in [-0.25, -0.2) is 0 Å². The topological polar surface area (TPSA) is 60.0 Å². The first kappa shape index (κ1) is 26.3. The molecule has 184 valence electrons. The molecule has 7 heteroatoms. The van der Waals surface area contributed by atoms with Gasteiger partial charge in [-0.15, -0.1) is 24.0 Å². The molecule has 1 aliphatic carbocycles. The number of nitrogens with zero attached hydrogens (tertiary/aromatic N) is 3. The smallest absolute Gasteiger partial charge is 0.230 e. The van der Waals surface area contributed by atoms with E-state index in [-0.39, 0.29) is 35.3 Å². The summed E-state index contributed by atoms with van der Waals surface area (Å²) in [5.41, 5.74) is 1.10. The van der Waals surface area contributed by atoms with Gasteiger partial charge in [0.25, 0.3) is 0 Å². The van der Waals surface area contributed by atoms with Crippen molar-refractivity contribution in [2.45, 2.75) is 83.0 Å². The fourth-order valence-electron chi connectivity index (χ4n) is 6.15. The van der Waals surface area contributed by atoms with E-state index in [1.54, 1.807) is 4.90 Å². The van der Waals surface area contributed by atoms with Crippen LogP contribution in [0.15, 0.2) is 35.3 Å². The summed E-state index contributed by atoms with van der Waals surface area (Å²) in [5.74, 6) is 1.12. The molecule has 2 heterocycles. The van der Waals surface area contributed by atoms with Gasteiger partial charge in [-0.1, -0.05) is 43.2 Å². The van der Waals surface area contributed by atoms with Crippen LogP contribution in [0, 0.1) is 5.41 Å². The highest BCUT2D eigenvalue weighted by Crippen LogP contribution is 2.40. The molecule has 2 saturated heterocycles. The zero-order valence-electron chi connectivity index (χ0n) is 20.6. The van der Waals surface area contributed by atoms with Gasteiger partial charge in [0.1, 0.15) is 0 Å². The lowest BCUT2D eigenvalue weighted by Crippen LogP contribution is -2.52. The Morgan fingerprint density at radius 2 is 1.76 bits per heavy atom. The standard InChI is InChI=1S/C26H41N5O.HI/c1-4-27-25(28-19-26(14-8-9-15-26)24(32)30(2)3)29-21-16-22-12-13-23(17-21)31(22)18-20-10-6-5-7-11-20;/h5-7,10-11,21-23H,4,8-9,12-19H2,1-3H3,(H2,27,28,29);1H. The average Bonchev–Trinajstić information content (AvgIpc) is 3.35. The molecule has 0 radical (unpaired) electrons. The summed E-state index contributed by atoms with van der Waals surface area (Å²) in [7, 11) is 3.74. The van der Waals surface area contributed by atoms with Crippen molar-refractivity contribution in [3.63, 3.8) is 0 Å². The summed E-state index contributed by atoms with van der Waals surface area (Å²) in [6.07, 6.45) is 9.08. The van der Waals surface area contributed by atoms with Crippen molar-refractivity contribution in [2.75, 3.05) is 27.2 Å². The molecule has 1 amide bonds. The van der Waals surface area contributed by atoms with Crippen molar-refractivity contribution in [1.29, 1.82) is 0 Å². The number of carbonyl (C=O) groups is 1. The number of hydrogen-bond donors (Lipinski definition) is 2. The lowest BCUT2D eigenvalue weighted by atomic mass is 9.85. The molecule has 3 aliphatic rings. The second kappa shape index (κ2) is 11.9. The van der Waals surface area contributed by atoms with Gasteiger partial charge < -0.3 is 15.5 Å². The first-order valence-electron chi connectivity index (χ1n) is 12.6. The zero-order chi connectivity index (χ0) is 22.6. The molecule has 0 aromatic heterocycles. The van der Waals surface area contributed by atoms with Gasteiger partial charge in [-0.05, 0) is 51.0 Å². The highest BCUT2D eigenvalue weighted by atomic mass is 127. The van der Waals surface area contributed by atoms with Crippen LogP contribution in [0.3, 0.4) is 0 Å². The molecule has 0 spiro atoms. The molecule has 1 aromatic rings. The number of halogens is 1. The molecule has 6 nitrogen and oxygen atoms in total. The van der Waals surface area contributed by atoms with Crippen molar-refractivity contribution in [2.24, 2.45) is 10.4 Å². The maximum Gasteiger partial charge on any atom is 0.230 e. The Morgan fingerprint density at radius 3 is 2.33 bits per heavy atom. The summed E-state index contributed by atoms with van der Waals surface area (Å²) >= 11 is 0. The Bertz CT molecular complexity index is 779. The monoisotopic (exact) mass is 567 g/mol. The summed E-state index contributed by atoms with van der Waals surface area (Å²) in [4.78, 5) is 22.3. The normalized spacial score (nSPS) is 26.5. The Morgan fingerprint density at radius 1 is 1.12 bits per heavy atom. The minimum Gasteiger partial charge on any atom is -0.357 e. The van der Waals surface area contributed by atoms with Crippen molar-refractivity contribution in [3.8, 4) is 0 Å². The molecule has 3 fully saturated rings. The van der Waals surface area contributed by atoms with Gasteiger partial charge in [0.05, 0.1) is 12.0 Å². The number of guanidine groups is 1. The SMILES string of the molecule is CCNC(=NCC1(C(=O)N(C)C)CCCC1)NC1CC2CCC(C1)N2Cc1ccccc1.I. The van der Waals surface area contributed by atoms with Crippen LogP contribution in [0.5, 0.6) is 0 Å². The number of piperidine rings is 1. The fourth-order valence-corrected chi connectivity index (χ4v) is 6.15. The van der Waals surface area contributed by atoms with Gasteiger partial charge in [0, 0.05) is 45.3 Å². The second-order valence-electron chi connectivity index (χ2n) is 10.2. The molecule has 33 heavy (non-hydrogen) atoms. The average molecular weight is 568 g/mol. The summed E-state index contributed by atoms with van der Waals surface area (Å²) in [6, 6.07) is 12.6. The van der Waals surface area contributed by atoms with Gasteiger partial charge >= 0.3 is 0 Å². The highest BCUT2D eigenvalue weighted by molar-refractivity contribution is 14.0. The Balaban J connectivity index is 0.00000306. The summed E-state index contributed by atoms with van der Waals surface area (Å²) in [6.45, 7) is 4.59. The third kappa shape index (κ3) is 6.21. The van der Waals surface area contributed by atoms with Crippen LogP contribution in [0.25, 0.3) is 0 Å². The van der Waals surface area contributed by atoms with Crippen LogP contribution < -0.4 is 10.6 Å². The molecule has 4 rings (SSSR count). The molecule has 2 aliphatic heterocycles. The van der Waals surface area contributed by atoms with Crippen molar-refractivity contribution in [1.82, 2.24) is 20.4 Å². The minimum absolute atomic E-state index is 0. The predicted molar refractivity (Wildman–Crippen MR) is 146 cm³/mol. The van der Waals surface area contributed by atoms with E-state index in [0.29, 0.717) is 24.7 Å². The number of benzene rings is 1. The van der Waals surface area contributed by atoms with Crippen molar-refractivity contribution >= 4 is 35.8 Å². The number of amides is 1. The van der Waals surface area contributed by atoms with E-state index in [2.05, 4.69) is 52.8 Å². The third-order valence-electron chi connectivity index (χ3n) is 7.74. The minimum atomic E-state index is -0.316. The maximum absolute atomic E-state index is 12.9. The van der Waals surface area contributed by atoms with Crippen LogP contribution >= 0.6 is 24.0 Å². The van der Waals surface area contributed by atoms with Crippen molar-refractivity contribution < 1.29 is 4.79 Å². The molecular weight excluding hydrogens is 525 g/mol. The molecule has 2 N–H and O–H groups in total. The molecule has 1 aromatic carbocycles. The predicted octanol–water partition coefficient (Wildman–Crippen LogP) is 4.00. The van der Waals surface area contributed by atoms with Crippen LogP contribution in [0.4, 0.5) is 0 Å². The number of nitrogens with one attached hydrogen (secondary N) is 2. The first-order valence-corrected chi connectivity index (χ1v) is 12.6. The number of fused-ring (bicyclic) bond motifs is 2. The third-order valence-corrected chi connectivity index (χ3v) is 7.74. The largest absolute Gasteiger partial charge is 0.357 e. The van der Waals surface area contributed by atoms with E-state index >= 15 is 0 Å². The Hall–Kier alpha value is -1.35. The first-order chi connectivity index (χ1) is 15.5.